The molecule has 0 aromatic carbocycles. The first-order valence-electron chi connectivity index (χ1n) is 0.577. The predicted octanol–water partition coefficient (Wildman–Crippen LogP) is 1.36. The Kier molecular flexibility index (Phi) is 174. The molecule has 0 aliphatic heterocycles. The summed E-state index contributed by atoms with van der Waals surface area (Å²) in [6.45, 7) is 1.50. The topological polar surface area (TPSA) is 0 Å². The maximum Gasteiger partial charge on any atom is 0.0606 e. The van der Waals surface area contributed by atoms with Gasteiger partial charge in [-0.25, -0.2) is 0 Å². The van der Waals surface area contributed by atoms with Gasteiger partial charge in [0.25, 0.3) is 0 Å². The van der Waals surface area contributed by atoms with E-state index in [1.165, 1.54) is 6.82 Å². The molecule has 0 saturated heterocycles. The third-order valence-corrected chi connectivity index (χ3v) is 0. The van der Waals surface area contributed by atoms with Gasteiger partial charge in [0.2, 0.25) is 0 Å². The van der Waals surface area contributed by atoms with Gasteiger partial charge >= 0.3 is 0 Å². The maximum atomic E-state index is 4.50. The normalized spacial score (nSPS) is 1.25. The van der Waals surface area contributed by atoms with E-state index in [-0.39, 0.29) is 34.0 Å². The van der Waals surface area contributed by atoms with E-state index >= 15 is 0 Å². The molecule has 0 rings (SSSR count). The van der Waals surface area contributed by atoms with E-state index in [1.54, 1.807) is 0 Å². The van der Waals surface area contributed by atoms with Crippen LogP contribution in [0.25, 0.3) is 0 Å². The second-order valence-electron chi connectivity index (χ2n) is 0. The van der Waals surface area contributed by atoms with Gasteiger partial charge in [0.05, 0.1) is 7.85 Å². The van der Waals surface area contributed by atoms with Gasteiger partial charge in [-0.1, -0.05) is 6.82 Å². The van der Waals surface area contributed by atoms with E-state index in [4.69, 9.17) is 0 Å². The van der Waals surface area contributed by atoms with Gasteiger partial charge < -0.3 is 0 Å². The first-order chi connectivity index (χ1) is 1.00. The second-order valence-corrected chi connectivity index (χ2v) is 0. The van der Waals surface area contributed by atoms with E-state index in [1.807, 2.05) is 0 Å². The molecule has 26 valence electrons. The molecular formula is CH5BBr2. The minimum Gasteiger partial charge on any atom is -0.114 e. The molecule has 2 radical (unpaired) electrons. The number of hydrogen-bond donors (Lipinski definition) is 0. The van der Waals surface area contributed by atoms with Crippen LogP contribution in [0, 0.1) is 0 Å². The highest BCUT2D eigenvalue weighted by Crippen LogP contribution is 0.960. The largest absolute Gasteiger partial charge is 0.114 e. The summed E-state index contributed by atoms with van der Waals surface area (Å²) in [5, 5.41) is 0. The van der Waals surface area contributed by atoms with E-state index in [9.17, 15) is 0 Å². The van der Waals surface area contributed by atoms with Crippen molar-refractivity contribution in [3.05, 3.63) is 0 Å². The van der Waals surface area contributed by atoms with Gasteiger partial charge in [0.1, 0.15) is 0 Å². The van der Waals surface area contributed by atoms with Crippen LogP contribution >= 0.6 is 34.0 Å². The number of hydrogen-bond acceptors (Lipinski definition) is 0. The predicted molar refractivity (Wildman–Crippen MR) is 32.3 cm³/mol. The lowest BCUT2D eigenvalue weighted by Crippen LogP contribution is -1.13. The summed E-state index contributed by atoms with van der Waals surface area (Å²) in [4.78, 5) is 0. The van der Waals surface area contributed by atoms with Gasteiger partial charge in [-0.15, -0.1) is 34.0 Å². The molecule has 0 bridgehead atoms. The molecule has 4 heavy (non-hydrogen) atoms. The van der Waals surface area contributed by atoms with Gasteiger partial charge in [0.15, 0.2) is 0 Å². The maximum absolute atomic E-state index is 4.50. The SMILES string of the molecule is Br.Br.[B]C. The van der Waals surface area contributed by atoms with Crippen LogP contribution in [0.15, 0.2) is 0 Å². The zero-order chi connectivity index (χ0) is 2.00. The van der Waals surface area contributed by atoms with Crippen LogP contribution in [-0.4, -0.2) is 7.85 Å². The van der Waals surface area contributed by atoms with Crippen molar-refractivity contribution in [3.63, 3.8) is 0 Å². The van der Waals surface area contributed by atoms with Crippen molar-refractivity contribution in [2.75, 3.05) is 0 Å². The monoisotopic (exact) mass is 186 g/mol. The molecule has 3 heteroatoms. The fourth-order valence-electron chi connectivity index (χ4n) is 0. The highest BCUT2D eigenvalue weighted by atomic mass is 79.9. The molecule has 0 nitrogen and oxygen atoms in total. The second kappa shape index (κ2) is 35.1. The van der Waals surface area contributed by atoms with E-state index in [2.05, 4.69) is 7.85 Å². The summed E-state index contributed by atoms with van der Waals surface area (Å²) in [6.07, 6.45) is 0. The third-order valence-electron chi connectivity index (χ3n) is 0. The molecule has 0 fully saturated rings. The molecule has 0 atom stereocenters. The van der Waals surface area contributed by atoms with E-state index < -0.39 is 0 Å². The van der Waals surface area contributed by atoms with E-state index in [0.29, 0.717) is 0 Å². The molecule has 0 spiro atoms. The summed E-state index contributed by atoms with van der Waals surface area (Å²) in [5.41, 5.74) is 0. The number of halogens is 2. The quantitative estimate of drug-likeness (QED) is 0.503. The fourth-order valence-corrected chi connectivity index (χ4v) is 0. The molecule has 0 aromatic rings. The van der Waals surface area contributed by atoms with Crippen molar-refractivity contribution >= 4 is 41.8 Å². The van der Waals surface area contributed by atoms with Crippen molar-refractivity contribution < 1.29 is 0 Å². The van der Waals surface area contributed by atoms with Crippen LogP contribution < -0.4 is 0 Å². The van der Waals surface area contributed by atoms with Crippen LogP contribution in [0.4, 0.5) is 0 Å². The molecular weight excluding hydrogens is 183 g/mol. The van der Waals surface area contributed by atoms with Crippen LogP contribution in [0.3, 0.4) is 0 Å². The highest BCUT2D eigenvalue weighted by Gasteiger charge is 0.984. The lowest BCUT2D eigenvalue weighted by molar-refractivity contribution is 2.40. The summed E-state index contributed by atoms with van der Waals surface area (Å²) in [5.74, 6) is 0. The third kappa shape index (κ3) is 11.8. The van der Waals surface area contributed by atoms with Crippen LogP contribution in [0.2, 0.25) is 6.82 Å². The molecule has 0 aliphatic rings. The summed E-state index contributed by atoms with van der Waals surface area (Å²) >= 11 is 0. The molecule has 0 aromatic heterocycles. The van der Waals surface area contributed by atoms with Gasteiger partial charge in [-0.2, -0.15) is 0 Å². The lowest BCUT2D eigenvalue weighted by Gasteiger charge is -1.02. The highest BCUT2D eigenvalue weighted by molar-refractivity contribution is 8.93. The zero-order valence-corrected chi connectivity index (χ0v) is 5.82. The van der Waals surface area contributed by atoms with Gasteiger partial charge in [-0.05, 0) is 0 Å². The van der Waals surface area contributed by atoms with Crippen molar-refractivity contribution in [1.29, 1.82) is 0 Å². The minimum absolute atomic E-state index is 0. The van der Waals surface area contributed by atoms with Gasteiger partial charge in [-0.3, -0.25) is 0 Å². The Morgan fingerprint density at radius 3 is 1.00 bits per heavy atom. The molecule has 0 N–H and O–H groups in total. The molecule has 0 saturated carbocycles. The van der Waals surface area contributed by atoms with Gasteiger partial charge in [0, 0.05) is 0 Å². The standard InChI is InChI=1S/CH3B.2BrH/c1-2;;/h1H3;2*1H. The Morgan fingerprint density at radius 2 is 1.00 bits per heavy atom. The Hall–Kier alpha value is 1.02. The number of rotatable bonds is 0. The van der Waals surface area contributed by atoms with Crippen LogP contribution in [-0.2, 0) is 0 Å². The van der Waals surface area contributed by atoms with Crippen molar-refractivity contribution in [1.82, 2.24) is 0 Å². The average Bonchev–Trinajstić information content (AvgIpc) is 1.00. The first-order valence-corrected chi connectivity index (χ1v) is 0.577. The van der Waals surface area contributed by atoms with Crippen molar-refractivity contribution in [2.24, 2.45) is 0 Å². The smallest absolute Gasteiger partial charge is 0.0606 e. The molecule has 0 unspecified atom stereocenters. The molecule has 0 amide bonds. The van der Waals surface area contributed by atoms with Crippen molar-refractivity contribution in [3.8, 4) is 0 Å². The Morgan fingerprint density at radius 1 is 1.00 bits per heavy atom. The summed E-state index contributed by atoms with van der Waals surface area (Å²) < 4.78 is 0. The van der Waals surface area contributed by atoms with Crippen LogP contribution in [0.1, 0.15) is 0 Å². The Labute approximate surface area is 48.9 Å². The van der Waals surface area contributed by atoms with Crippen LogP contribution in [0.5, 0.6) is 0 Å². The molecule has 0 aliphatic carbocycles. The minimum atomic E-state index is 0. The molecule has 0 heterocycles. The fraction of sp³-hybridized carbons (Fsp3) is 1.00. The summed E-state index contributed by atoms with van der Waals surface area (Å²) in [6, 6.07) is 0. The Bertz CT molecular complexity index is 6.00. The van der Waals surface area contributed by atoms with Crippen molar-refractivity contribution in [2.45, 2.75) is 6.82 Å². The Balaban J connectivity index is -0.00000000500. The first kappa shape index (κ1) is 19.9. The zero-order valence-electron chi connectivity index (χ0n) is 2.39. The average molecular weight is 188 g/mol. The lowest BCUT2D eigenvalue weighted by atomic mass is 10.2. The summed E-state index contributed by atoms with van der Waals surface area (Å²) in [7, 11) is 4.50. The van der Waals surface area contributed by atoms with E-state index in [0.717, 1.165) is 0 Å².